The molecule has 2 fully saturated rings. The predicted octanol–water partition coefficient (Wildman–Crippen LogP) is 5.01. The zero-order valence-electron chi connectivity index (χ0n) is 27.5. The van der Waals surface area contributed by atoms with Gasteiger partial charge in [-0.1, -0.05) is 12.1 Å². The minimum absolute atomic E-state index is 0.0169. The second-order valence-electron chi connectivity index (χ2n) is 13.2. The first-order chi connectivity index (χ1) is 22.1. The zero-order valence-corrected chi connectivity index (χ0v) is 27.5. The van der Waals surface area contributed by atoms with E-state index in [0.717, 1.165) is 62.5 Å². The number of carbonyl (C=O) groups excluding carboxylic acids is 4. The highest BCUT2D eigenvalue weighted by Gasteiger charge is 2.39. The molecule has 1 spiro atoms. The number of nitrogens with two attached hydrogens (primary N) is 1. The molecular formula is C36H48N6O4. The molecule has 10 heteroatoms. The Morgan fingerprint density at radius 1 is 1.02 bits per heavy atom. The number of nitrogens with zero attached hydrogens (tertiary/aromatic N) is 4. The molecule has 5 rings (SSSR count). The average Bonchev–Trinajstić information content (AvgIpc) is 3.50. The number of hydrogen-bond acceptors (Lipinski definition) is 5. The molecule has 0 unspecified atom stereocenters. The van der Waals surface area contributed by atoms with Crippen LogP contribution in [-0.4, -0.2) is 84.8 Å². The van der Waals surface area contributed by atoms with Gasteiger partial charge in [0.05, 0.1) is 11.2 Å². The fourth-order valence-electron chi connectivity index (χ4n) is 7.31. The number of urea groups is 1. The molecule has 2 aliphatic rings. The number of anilines is 1. The van der Waals surface area contributed by atoms with Gasteiger partial charge >= 0.3 is 6.03 Å². The van der Waals surface area contributed by atoms with Gasteiger partial charge in [0.1, 0.15) is 6.29 Å². The lowest BCUT2D eigenvalue weighted by Gasteiger charge is -2.48. The predicted molar refractivity (Wildman–Crippen MR) is 181 cm³/mol. The van der Waals surface area contributed by atoms with Crippen molar-refractivity contribution in [2.45, 2.75) is 64.8 Å². The van der Waals surface area contributed by atoms with Crippen molar-refractivity contribution >= 4 is 40.7 Å². The highest BCUT2D eigenvalue weighted by atomic mass is 16.2. The number of aryl methyl sites for hydroxylation is 1. The van der Waals surface area contributed by atoms with Crippen LogP contribution in [0.15, 0.2) is 48.7 Å². The van der Waals surface area contributed by atoms with Crippen LogP contribution in [0.25, 0.3) is 10.9 Å². The Balaban J connectivity index is 1.26. The number of carbonyl (C=O) groups is 4. The van der Waals surface area contributed by atoms with Gasteiger partial charge in [-0.25, -0.2) is 4.79 Å². The molecule has 0 radical (unpaired) electrons. The zero-order chi connectivity index (χ0) is 32.8. The Labute approximate surface area is 271 Å². The lowest BCUT2D eigenvalue weighted by molar-refractivity contribution is -0.107. The van der Waals surface area contributed by atoms with Crippen molar-refractivity contribution in [3.8, 4) is 0 Å². The SMILES string of the molecule is CNC(=O)N(CCC=O)c1cc(C(=O)N2CCC3(CCCN(CCCc4ccc(C(N)=O)cc4)C3)CC2)cc2c1ccn2C(C)C. The van der Waals surface area contributed by atoms with Gasteiger partial charge in [-0.05, 0) is 107 Å². The molecule has 3 aromatic rings. The molecule has 2 aromatic carbocycles. The maximum atomic E-state index is 14.1. The lowest BCUT2D eigenvalue weighted by atomic mass is 9.72. The topological polar surface area (TPSA) is 121 Å². The fraction of sp³-hybridized carbons (Fsp3) is 0.500. The molecule has 3 heterocycles. The van der Waals surface area contributed by atoms with Gasteiger partial charge in [-0.15, -0.1) is 0 Å². The number of aromatic nitrogens is 1. The smallest absolute Gasteiger partial charge is 0.321 e. The second kappa shape index (κ2) is 14.5. The van der Waals surface area contributed by atoms with E-state index in [4.69, 9.17) is 5.73 Å². The molecule has 0 atom stereocenters. The second-order valence-corrected chi connectivity index (χ2v) is 13.2. The van der Waals surface area contributed by atoms with Gasteiger partial charge in [-0.3, -0.25) is 14.5 Å². The first-order valence-electron chi connectivity index (χ1n) is 16.6. The van der Waals surface area contributed by atoms with E-state index >= 15 is 0 Å². The average molecular weight is 629 g/mol. The number of nitrogens with one attached hydrogen (secondary N) is 1. The Bertz CT molecular complexity index is 1550. The van der Waals surface area contributed by atoms with Crippen LogP contribution in [0.1, 0.15) is 84.7 Å². The van der Waals surface area contributed by atoms with Crippen LogP contribution in [0, 0.1) is 5.41 Å². The Morgan fingerprint density at radius 2 is 1.76 bits per heavy atom. The van der Waals surface area contributed by atoms with E-state index in [1.54, 1.807) is 24.1 Å². The third-order valence-electron chi connectivity index (χ3n) is 9.87. The summed E-state index contributed by atoms with van der Waals surface area (Å²) >= 11 is 0. The minimum atomic E-state index is -0.399. The quantitative estimate of drug-likeness (QED) is 0.290. The molecule has 1 aromatic heterocycles. The van der Waals surface area contributed by atoms with E-state index in [2.05, 4.69) is 28.6 Å². The van der Waals surface area contributed by atoms with Crippen LogP contribution < -0.4 is 16.0 Å². The third-order valence-corrected chi connectivity index (χ3v) is 9.87. The van der Waals surface area contributed by atoms with Crippen molar-refractivity contribution in [1.29, 1.82) is 0 Å². The number of piperidine rings is 2. The summed E-state index contributed by atoms with van der Waals surface area (Å²) in [5, 5.41) is 3.57. The maximum Gasteiger partial charge on any atom is 0.321 e. The number of primary amides is 1. The highest BCUT2D eigenvalue weighted by molar-refractivity contribution is 6.07. The minimum Gasteiger partial charge on any atom is -0.366 e. The lowest BCUT2D eigenvalue weighted by Crippen LogP contribution is -2.50. The molecule has 4 amide bonds. The molecule has 2 aliphatic heterocycles. The Kier molecular flexibility index (Phi) is 10.5. The summed E-state index contributed by atoms with van der Waals surface area (Å²) in [5.74, 6) is -0.416. The first kappa shape index (κ1) is 33.2. The summed E-state index contributed by atoms with van der Waals surface area (Å²) in [7, 11) is 1.57. The summed E-state index contributed by atoms with van der Waals surface area (Å²) in [4.78, 5) is 55.7. The van der Waals surface area contributed by atoms with Crippen molar-refractivity contribution < 1.29 is 19.2 Å². The van der Waals surface area contributed by atoms with Crippen LogP contribution in [0.2, 0.25) is 0 Å². The molecule has 0 saturated carbocycles. The first-order valence-corrected chi connectivity index (χ1v) is 16.6. The maximum absolute atomic E-state index is 14.1. The number of fused-ring (bicyclic) bond motifs is 1. The van der Waals surface area contributed by atoms with Crippen LogP contribution >= 0.6 is 0 Å². The standard InChI is InChI=1S/C36H48N6O4/c1-26(2)41-19-12-30-31(41)23-29(24-32(30)42(18-6-22-43)35(46)38-3)34(45)40-20-14-36(15-21-40)13-5-17-39(25-36)16-4-7-27-8-10-28(11-9-27)33(37)44/h8-12,19,22-24,26H,4-7,13-18,20-21,25H2,1-3H3,(H2,37,44)(H,38,46). The van der Waals surface area contributed by atoms with E-state index < -0.39 is 5.91 Å². The van der Waals surface area contributed by atoms with Crippen molar-refractivity contribution in [1.82, 2.24) is 19.7 Å². The highest BCUT2D eigenvalue weighted by Crippen LogP contribution is 2.41. The van der Waals surface area contributed by atoms with Crippen molar-refractivity contribution in [3.05, 3.63) is 65.4 Å². The normalized spacial score (nSPS) is 16.6. The summed E-state index contributed by atoms with van der Waals surface area (Å²) in [6.45, 7) is 9.04. The number of rotatable bonds is 11. The van der Waals surface area contributed by atoms with Gasteiger partial charge in [0.2, 0.25) is 5.91 Å². The van der Waals surface area contributed by atoms with E-state index in [1.165, 1.54) is 18.4 Å². The fourth-order valence-corrected chi connectivity index (χ4v) is 7.31. The molecule has 46 heavy (non-hydrogen) atoms. The Morgan fingerprint density at radius 3 is 2.41 bits per heavy atom. The molecule has 0 aliphatic carbocycles. The van der Waals surface area contributed by atoms with Crippen LogP contribution in [-0.2, 0) is 11.2 Å². The van der Waals surface area contributed by atoms with E-state index in [1.807, 2.05) is 41.4 Å². The third kappa shape index (κ3) is 7.28. The molecule has 3 N–H and O–H groups in total. The monoisotopic (exact) mass is 628 g/mol. The molecule has 2 saturated heterocycles. The van der Waals surface area contributed by atoms with Crippen molar-refractivity contribution in [2.75, 3.05) is 51.2 Å². The summed E-state index contributed by atoms with van der Waals surface area (Å²) in [6.07, 6.45) is 9.34. The molecule has 246 valence electrons. The van der Waals surface area contributed by atoms with E-state index in [-0.39, 0.29) is 36.4 Å². The van der Waals surface area contributed by atoms with Gasteiger partial charge in [0.25, 0.3) is 5.91 Å². The van der Waals surface area contributed by atoms with E-state index in [9.17, 15) is 19.2 Å². The molecular weight excluding hydrogens is 580 g/mol. The largest absolute Gasteiger partial charge is 0.366 e. The van der Waals surface area contributed by atoms with Gasteiger partial charge < -0.3 is 30.2 Å². The number of amides is 4. The van der Waals surface area contributed by atoms with Crippen LogP contribution in [0.5, 0.6) is 0 Å². The number of benzene rings is 2. The summed E-state index contributed by atoms with van der Waals surface area (Å²) in [6, 6.07) is 13.2. The van der Waals surface area contributed by atoms with E-state index in [0.29, 0.717) is 29.9 Å². The molecule has 10 nitrogen and oxygen atoms in total. The Hall–Kier alpha value is -4.18. The number of hydrogen-bond donors (Lipinski definition) is 2. The van der Waals surface area contributed by atoms with Crippen LogP contribution in [0.3, 0.4) is 0 Å². The van der Waals surface area contributed by atoms with Crippen molar-refractivity contribution in [2.24, 2.45) is 11.1 Å². The molecule has 0 bridgehead atoms. The van der Waals surface area contributed by atoms with Gasteiger partial charge in [-0.2, -0.15) is 0 Å². The number of aldehydes is 1. The summed E-state index contributed by atoms with van der Waals surface area (Å²) < 4.78 is 2.12. The van der Waals surface area contributed by atoms with Gasteiger partial charge in [0.15, 0.2) is 0 Å². The number of likely N-dealkylation sites (tertiary alicyclic amines) is 2. The van der Waals surface area contributed by atoms with Crippen LogP contribution in [0.4, 0.5) is 10.5 Å². The van der Waals surface area contributed by atoms with Gasteiger partial charge in [0, 0.05) is 68.4 Å². The van der Waals surface area contributed by atoms with Crippen molar-refractivity contribution in [3.63, 3.8) is 0 Å². The summed E-state index contributed by atoms with van der Waals surface area (Å²) in [5.41, 5.74) is 9.45.